The van der Waals surface area contributed by atoms with E-state index < -0.39 is 5.97 Å². The molecule has 2 saturated heterocycles. The largest absolute Gasteiger partial charge is 0.475 e. The maximum Gasteiger partial charge on any atom is 0.372 e. The van der Waals surface area contributed by atoms with Crippen LogP contribution in [-0.4, -0.2) is 52.6 Å². The molecule has 2 aliphatic heterocycles. The Morgan fingerprint density at radius 2 is 2.24 bits per heavy atom. The van der Waals surface area contributed by atoms with E-state index in [2.05, 4.69) is 16.7 Å². The normalized spacial score (nSPS) is 27.5. The molecule has 1 aromatic rings. The van der Waals surface area contributed by atoms with Crippen molar-refractivity contribution < 1.29 is 14.3 Å². The average molecular weight is 292 g/mol. The van der Waals surface area contributed by atoms with Crippen LogP contribution in [0.25, 0.3) is 0 Å². The predicted molar refractivity (Wildman–Crippen MR) is 79.5 cm³/mol. The number of hydrogen-bond donors (Lipinski definition) is 1. The zero-order valence-electron chi connectivity index (χ0n) is 12.8. The monoisotopic (exact) mass is 292 g/mol. The SMILES string of the molecule is Cc1cc(CN2CC3CCCCN3CC2C)oc1C(=O)O. The number of carbonyl (C=O) groups is 1. The smallest absolute Gasteiger partial charge is 0.372 e. The van der Waals surface area contributed by atoms with Crippen molar-refractivity contribution in [2.75, 3.05) is 19.6 Å². The number of piperazine rings is 1. The molecule has 3 rings (SSSR count). The molecule has 0 aromatic carbocycles. The number of nitrogens with zero attached hydrogens (tertiary/aromatic N) is 2. The van der Waals surface area contributed by atoms with Gasteiger partial charge < -0.3 is 9.52 Å². The Bertz CT molecular complexity index is 526. The molecule has 0 amide bonds. The third-order valence-electron chi connectivity index (χ3n) is 4.84. The fourth-order valence-electron chi connectivity index (χ4n) is 3.67. The number of rotatable bonds is 3. The van der Waals surface area contributed by atoms with Crippen LogP contribution in [0.3, 0.4) is 0 Å². The predicted octanol–water partition coefficient (Wildman–Crippen LogP) is 2.34. The Kier molecular flexibility index (Phi) is 4.04. The standard InChI is InChI=1S/C16H24N2O3/c1-11-7-14(21-15(11)16(19)20)10-18-9-13-5-3-4-6-17(13)8-12(18)2/h7,12-13H,3-6,8-10H2,1-2H3,(H,19,20). The summed E-state index contributed by atoms with van der Waals surface area (Å²) in [6.45, 7) is 8.14. The quantitative estimate of drug-likeness (QED) is 0.926. The van der Waals surface area contributed by atoms with Gasteiger partial charge in [-0.1, -0.05) is 6.42 Å². The number of aryl methyl sites for hydroxylation is 1. The highest BCUT2D eigenvalue weighted by Gasteiger charge is 2.33. The minimum atomic E-state index is -0.983. The molecule has 116 valence electrons. The summed E-state index contributed by atoms with van der Waals surface area (Å²) in [5.41, 5.74) is 0.710. The molecule has 1 aromatic heterocycles. The highest BCUT2D eigenvalue weighted by Crippen LogP contribution is 2.26. The van der Waals surface area contributed by atoms with Crippen molar-refractivity contribution in [3.63, 3.8) is 0 Å². The molecule has 2 atom stereocenters. The third kappa shape index (κ3) is 2.99. The zero-order valence-corrected chi connectivity index (χ0v) is 12.8. The summed E-state index contributed by atoms with van der Waals surface area (Å²) in [6.07, 6.45) is 3.93. The summed E-state index contributed by atoms with van der Waals surface area (Å²) in [5, 5.41) is 9.08. The second kappa shape index (κ2) is 5.81. The Labute approximate surface area is 125 Å². The lowest BCUT2D eigenvalue weighted by Gasteiger charge is -2.47. The van der Waals surface area contributed by atoms with E-state index in [1.165, 1.54) is 25.8 Å². The molecule has 0 bridgehead atoms. The summed E-state index contributed by atoms with van der Waals surface area (Å²) >= 11 is 0. The van der Waals surface area contributed by atoms with E-state index in [1.807, 2.05) is 6.07 Å². The Balaban J connectivity index is 1.69. The van der Waals surface area contributed by atoms with E-state index in [9.17, 15) is 4.79 Å². The lowest BCUT2D eigenvalue weighted by atomic mass is 9.97. The van der Waals surface area contributed by atoms with E-state index in [4.69, 9.17) is 9.52 Å². The van der Waals surface area contributed by atoms with E-state index >= 15 is 0 Å². The molecule has 1 N–H and O–H groups in total. The van der Waals surface area contributed by atoms with Crippen molar-refractivity contribution in [1.29, 1.82) is 0 Å². The van der Waals surface area contributed by atoms with Crippen LogP contribution in [0.1, 0.15) is 48.1 Å². The summed E-state index contributed by atoms with van der Waals surface area (Å²) in [7, 11) is 0. The summed E-state index contributed by atoms with van der Waals surface area (Å²) in [4.78, 5) is 16.1. The highest BCUT2D eigenvalue weighted by molar-refractivity contribution is 5.86. The zero-order chi connectivity index (χ0) is 15.0. The maximum absolute atomic E-state index is 11.1. The van der Waals surface area contributed by atoms with Crippen molar-refractivity contribution in [2.45, 2.75) is 51.7 Å². The van der Waals surface area contributed by atoms with Crippen LogP contribution < -0.4 is 0 Å². The topological polar surface area (TPSA) is 56.9 Å². The first-order valence-electron chi connectivity index (χ1n) is 7.85. The minimum absolute atomic E-state index is 0.0777. The first-order chi connectivity index (χ1) is 10.0. The molecular weight excluding hydrogens is 268 g/mol. The number of fused-ring (bicyclic) bond motifs is 1. The number of aromatic carboxylic acids is 1. The summed E-state index contributed by atoms with van der Waals surface area (Å²) in [6, 6.07) is 3.01. The van der Waals surface area contributed by atoms with Gasteiger partial charge in [0.2, 0.25) is 5.76 Å². The molecule has 0 aliphatic carbocycles. The van der Waals surface area contributed by atoms with E-state index in [-0.39, 0.29) is 5.76 Å². The first-order valence-corrected chi connectivity index (χ1v) is 7.85. The summed E-state index contributed by atoms with van der Waals surface area (Å²) in [5.74, 6) is -0.140. The maximum atomic E-state index is 11.1. The van der Waals surface area contributed by atoms with Gasteiger partial charge in [0, 0.05) is 30.7 Å². The molecular formula is C16H24N2O3. The van der Waals surface area contributed by atoms with Crippen LogP contribution in [-0.2, 0) is 6.54 Å². The Morgan fingerprint density at radius 3 is 2.95 bits per heavy atom. The van der Waals surface area contributed by atoms with Gasteiger partial charge in [-0.25, -0.2) is 4.79 Å². The van der Waals surface area contributed by atoms with Crippen LogP contribution in [0.5, 0.6) is 0 Å². The lowest BCUT2D eigenvalue weighted by molar-refractivity contribution is 0.00780. The van der Waals surface area contributed by atoms with Crippen LogP contribution in [0.4, 0.5) is 0 Å². The number of hydrogen-bond acceptors (Lipinski definition) is 4. The van der Waals surface area contributed by atoms with Gasteiger partial charge in [-0.15, -0.1) is 0 Å². The number of carboxylic acid groups (broad SMARTS) is 1. The number of piperidine rings is 1. The van der Waals surface area contributed by atoms with Crippen molar-refractivity contribution in [3.8, 4) is 0 Å². The van der Waals surface area contributed by atoms with Crippen LogP contribution in [0.15, 0.2) is 10.5 Å². The van der Waals surface area contributed by atoms with Crippen LogP contribution in [0.2, 0.25) is 0 Å². The fourth-order valence-corrected chi connectivity index (χ4v) is 3.67. The van der Waals surface area contributed by atoms with E-state index in [1.54, 1.807) is 6.92 Å². The minimum Gasteiger partial charge on any atom is -0.475 e. The van der Waals surface area contributed by atoms with Crippen molar-refractivity contribution in [3.05, 3.63) is 23.2 Å². The highest BCUT2D eigenvalue weighted by atomic mass is 16.4. The van der Waals surface area contributed by atoms with Crippen molar-refractivity contribution >= 4 is 5.97 Å². The molecule has 2 aliphatic rings. The van der Waals surface area contributed by atoms with Gasteiger partial charge in [-0.2, -0.15) is 0 Å². The lowest BCUT2D eigenvalue weighted by Crippen LogP contribution is -2.58. The molecule has 21 heavy (non-hydrogen) atoms. The molecule has 5 heteroatoms. The average Bonchev–Trinajstić information content (AvgIpc) is 2.81. The molecule has 2 unspecified atom stereocenters. The number of carboxylic acids is 1. The second-order valence-electron chi connectivity index (χ2n) is 6.45. The Hall–Kier alpha value is -1.33. The van der Waals surface area contributed by atoms with Crippen LogP contribution >= 0.6 is 0 Å². The van der Waals surface area contributed by atoms with Gasteiger partial charge in [-0.3, -0.25) is 9.80 Å². The molecule has 0 saturated carbocycles. The fraction of sp³-hybridized carbons (Fsp3) is 0.688. The Morgan fingerprint density at radius 1 is 1.43 bits per heavy atom. The van der Waals surface area contributed by atoms with Gasteiger partial charge in [-0.05, 0) is 39.3 Å². The van der Waals surface area contributed by atoms with Gasteiger partial charge >= 0.3 is 5.97 Å². The molecule has 0 radical (unpaired) electrons. The van der Waals surface area contributed by atoms with E-state index in [0.717, 1.165) is 18.8 Å². The van der Waals surface area contributed by atoms with Crippen molar-refractivity contribution in [1.82, 2.24) is 9.80 Å². The molecule has 5 nitrogen and oxygen atoms in total. The second-order valence-corrected chi connectivity index (χ2v) is 6.45. The first kappa shape index (κ1) is 14.6. The van der Waals surface area contributed by atoms with E-state index in [0.29, 0.717) is 24.2 Å². The molecule has 0 spiro atoms. The number of furan rings is 1. The van der Waals surface area contributed by atoms with Crippen molar-refractivity contribution in [2.24, 2.45) is 0 Å². The van der Waals surface area contributed by atoms with Gasteiger partial charge in [0.15, 0.2) is 0 Å². The van der Waals surface area contributed by atoms with Gasteiger partial charge in [0.05, 0.1) is 6.54 Å². The van der Waals surface area contributed by atoms with Crippen LogP contribution in [0, 0.1) is 6.92 Å². The third-order valence-corrected chi connectivity index (χ3v) is 4.84. The summed E-state index contributed by atoms with van der Waals surface area (Å²) < 4.78 is 5.51. The van der Waals surface area contributed by atoms with Gasteiger partial charge in [0.25, 0.3) is 0 Å². The molecule has 2 fully saturated rings. The molecule has 3 heterocycles. The van der Waals surface area contributed by atoms with Gasteiger partial charge in [0.1, 0.15) is 5.76 Å².